The Kier molecular flexibility index (Phi) is 5.68. The molecule has 2 aromatic carbocycles. The third-order valence-corrected chi connectivity index (χ3v) is 6.17. The predicted octanol–water partition coefficient (Wildman–Crippen LogP) is 2.96. The lowest BCUT2D eigenvalue weighted by atomic mass is 10.1. The lowest BCUT2D eigenvalue weighted by Gasteiger charge is -2.09. The number of amides is 2. The number of carbonyl (C=O) groups excluding carboxylic acids is 1. The van der Waals surface area contributed by atoms with Gasteiger partial charge in [0.15, 0.2) is 0 Å². The van der Waals surface area contributed by atoms with E-state index in [2.05, 4.69) is 15.3 Å². The Bertz CT molecular complexity index is 1310. The Morgan fingerprint density at radius 3 is 2.52 bits per heavy atom. The van der Waals surface area contributed by atoms with Gasteiger partial charge < -0.3 is 5.32 Å². The molecule has 0 fully saturated rings. The third-order valence-electron chi connectivity index (χ3n) is 4.82. The molecular weight excluding hydrogens is 414 g/mol. The number of rotatable bonds is 6. The van der Waals surface area contributed by atoms with Gasteiger partial charge in [-0.05, 0) is 49.2 Å². The van der Waals surface area contributed by atoms with Crippen LogP contribution in [0.15, 0.2) is 78.2 Å². The van der Waals surface area contributed by atoms with E-state index in [1.54, 1.807) is 30.9 Å². The van der Waals surface area contributed by atoms with Crippen LogP contribution in [-0.4, -0.2) is 35.5 Å². The van der Waals surface area contributed by atoms with Crippen molar-refractivity contribution in [2.45, 2.75) is 18.2 Å². The van der Waals surface area contributed by atoms with Crippen molar-refractivity contribution in [3.05, 3.63) is 84.4 Å². The molecule has 0 aliphatic carbocycles. The highest BCUT2D eigenvalue weighted by Crippen LogP contribution is 2.17. The number of aromatic nitrogens is 3. The van der Waals surface area contributed by atoms with Crippen molar-refractivity contribution < 1.29 is 13.2 Å². The van der Waals surface area contributed by atoms with Crippen molar-refractivity contribution in [2.75, 3.05) is 6.54 Å². The molecular formula is C22H21N5O3S. The van der Waals surface area contributed by atoms with Gasteiger partial charge in [0.05, 0.1) is 16.6 Å². The lowest BCUT2D eigenvalue weighted by Crippen LogP contribution is -2.40. The minimum absolute atomic E-state index is 0.0478. The zero-order valence-corrected chi connectivity index (χ0v) is 17.6. The molecule has 0 saturated heterocycles. The highest BCUT2D eigenvalue weighted by atomic mass is 32.2. The van der Waals surface area contributed by atoms with Crippen LogP contribution >= 0.6 is 0 Å². The Balaban J connectivity index is 1.32. The summed E-state index contributed by atoms with van der Waals surface area (Å²) in [5.41, 5.74) is 4.70. The van der Waals surface area contributed by atoms with E-state index in [4.69, 9.17) is 0 Å². The highest BCUT2D eigenvalue weighted by Gasteiger charge is 2.16. The van der Waals surface area contributed by atoms with Crippen molar-refractivity contribution in [1.82, 2.24) is 24.6 Å². The SMILES string of the molecule is Cc1ccc(S(=O)(=O)NC(=O)NCCc2ccc(-n3cnc4cnccc43)cc2)cc1. The molecule has 2 aromatic heterocycles. The lowest BCUT2D eigenvalue weighted by molar-refractivity contribution is 0.246. The summed E-state index contributed by atoms with van der Waals surface area (Å²) in [7, 11) is -3.90. The van der Waals surface area contributed by atoms with E-state index in [0.717, 1.165) is 27.8 Å². The monoisotopic (exact) mass is 435 g/mol. The van der Waals surface area contributed by atoms with Crippen LogP contribution in [0.3, 0.4) is 0 Å². The third kappa shape index (κ3) is 4.72. The van der Waals surface area contributed by atoms with E-state index in [-0.39, 0.29) is 4.90 Å². The summed E-state index contributed by atoms with van der Waals surface area (Å²) < 4.78 is 28.5. The molecule has 2 heterocycles. The Morgan fingerprint density at radius 1 is 1.03 bits per heavy atom. The van der Waals surface area contributed by atoms with Crippen molar-refractivity contribution in [3.8, 4) is 5.69 Å². The normalized spacial score (nSPS) is 11.4. The van der Waals surface area contributed by atoms with Crippen LogP contribution in [0.1, 0.15) is 11.1 Å². The van der Waals surface area contributed by atoms with Gasteiger partial charge in [0.1, 0.15) is 11.8 Å². The maximum atomic E-state index is 12.2. The molecule has 4 aromatic rings. The van der Waals surface area contributed by atoms with Crippen molar-refractivity contribution in [1.29, 1.82) is 0 Å². The van der Waals surface area contributed by atoms with Crippen LogP contribution in [0.2, 0.25) is 0 Å². The first-order valence-corrected chi connectivity index (χ1v) is 11.1. The summed E-state index contributed by atoms with van der Waals surface area (Å²) in [4.78, 5) is 20.5. The molecule has 0 aliphatic rings. The van der Waals surface area contributed by atoms with Gasteiger partial charge in [-0.15, -0.1) is 0 Å². The van der Waals surface area contributed by atoms with E-state index < -0.39 is 16.1 Å². The number of hydrogen-bond acceptors (Lipinski definition) is 5. The van der Waals surface area contributed by atoms with E-state index in [1.165, 1.54) is 12.1 Å². The van der Waals surface area contributed by atoms with Crippen LogP contribution in [0, 0.1) is 6.92 Å². The predicted molar refractivity (Wildman–Crippen MR) is 117 cm³/mol. The number of nitrogens with zero attached hydrogens (tertiary/aromatic N) is 3. The molecule has 0 spiro atoms. The van der Waals surface area contributed by atoms with Crippen molar-refractivity contribution >= 4 is 27.1 Å². The average molecular weight is 436 g/mol. The first-order chi connectivity index (χ1) is 14.9. The number of carbonyl (C=O) groups is 1. The fourth-order valence-electron chi connectivity index (χ4n) is 3.15. The smallest absolute Gasteiger partial charge is 0.328 e. The molecule has 0 aliphatic heterocycles. The maximum absolute atomic E-state index is 12.2. The molecule has 0 unspecified atom stereocenters. The summed E-state index contributed by atoms with van der Waals surface area (Å²) in [5.74, 6) is 0. The molecule has 8 nitrogen and oxygen atoms in total. The second-order valence-electron chi connectivity index (χ2n) is 7.07. The van der Waals surface area contributed by atoms with E-state index in [1.807, 2.05) is 46.5 Å². The van der Waals surface area contributed by atoms with Gasteiger partial charge >= 0.3 is 6.03 Å². The van der Waals surface area contributed by atoms with Crippen LogP contribution in [-0.2, 0) is 16.4 Å². The Labute approximate surface area is 180 Å². The van der Waals surface area contributed by atoms with Crippen LogP contribution < -0.4 is 10.0 Å². The van der Waals surface area contributed by atoms with E-state index in [9.17, 15) is 13.2 Å². The maximum Gasteiger partial charge on any atom is 0.328 e. The molecule has 0 atom stereocenters. The van der Waals surface area contributed by atoms with Gasteiger partial charge in [-0.1, -0.05) is 29.8 Å². The minimum atomic E-state index is -3.90. The summed E-state index contributed by atoms with van der Waals surface area (Å²) in [6.07, 6.45) is 5.76. The molecule has 31 heavy (non-hydrogen) atoms. The zero-order valence-electron chi connectivity index (χ0n) is 16.8. The van der Waals surface area contributed by atoms with Crippen molar-refractivity contribution in [2.24, 2.45) is 0 Å². The summed E-state index contributed by atoms with van der Waals surface area (Å²) in [6.45, 7) is 2.16. The van der Waals surface area contributed by atoms with Gasteiger partial charge in [-0.3, -0.25) is 9.55 Å². The number of sulfonamides is 1. The zero-order chi connectivity index (χ0) is 21.8. The van der Waals surface area contributed by atoms with Gasteiger partial charge in [-0.2, -0.15) is 0 Å². The average Bonchev–Trinajstić information content (AvgIpc) is 3.18. The second kappa shape index (κ2) is 8.57. The molecule has 9 heteroatoms. The van der Waals surface area contributed by atoms with Gasteiger partial charge in [0.2, 0.25) is 0 Å². The van der Waals surface area contributed by atoms with Crippen LogP contribution in [0.4, 0.5) is 4.79 Å². The molecule has 2 N–H and O–H groups in total. The number of urea groups is 1. The van der Waals surface area contributed by atoms with E-state index in [0.29, 0.717) is 13.0 Å². The fraction of sp³-hybridized carbons (Fsp3) is 0.136. The number of aryl methyl sites for hydroxylation is 1. The van der Waals surface area contributed by atoms with Gasteiger partial charge in [-0.25, -0.2) is 22.9 Å². The van der Waals surface area contributed by atoms with Crippen molar-refractivity contribution in [3.63, 3.8) is 0 Å². The fourth-order valence-corrected chi connectivity index (χ4v) is 4.08. The molecule has 0 bridgehead atoms. The molecule has 0 radical (unpaired) electrons. The number of fused-ring (bicyclic) bond motifs is 1. The first-order valence-electron chi connectivity index (χ1n) is 9.66. The molecule has 2 amide bonds. The number of benzene rings is 2. The van der Waals surface area contributed by atoms with E-state index >= 15 is 0 Å². The molecule has 158 valence electrons. The van der Waals surface area contributed by atoms with Gasteiger partial charge in [0.25, 0.3) is 10.0 Å². The number of imidazole rings is 1. The minimum Gasteiger partial charge on any atom is -0.337 e. The van der Waals surface area contributed by atoms with Crippen LogP contribution in [0.5, 0.6) is 0 Å². The Morgan fingerprint density at radius 2 is 1.77 bits per heavy atom. The summed E-state index contributed by atoms with van der Waals surface area (Å²) in [6, 6.07) is 15.3. The highest BCUT2D eigenvalue weighted by molar-refractivity contribution is 7.90. The van der Waals surface area contributed by atoms with Crippen LogP contribution in [0.25, 0.3) is 16.7 Å². The topological polar surface area (TPSA) is 106 Å². The molecule has 0 saturated carbocycles. The molecule has 4 rings (SSSR count). The number of hydrogen-bond donors (Lipinski definition) is 2. The summed E-state index contributed by atoms with van der Waals surface area (Å²) >= 11 is 0. The van der Waals surface area contributed by atoms with Gasteiger partial charge in [0, 0.05) is 18.4 Å². The first kappa shape index (κ1) is 20.5. The second-order valence-corrected chi connectivity index (χ2v) is 8.75. The quantitative estimate of drug-likeness (QED) is 0.484. The summed E-state index contributed by atoms with van der Waals surface area (Å²) in [5, 5.41) is 2.58. The number of pyridine rings is 1. The number of nitrogens with one attached hydrogen (secondary N) is 2. The largest absolute Gasteiger partial charge is 0.337 e. The standard InChI is InChI=1S/C22H21N5O3S/c1-16-2-8-19(9-3-16)31(29,30)26-22(28)24-13-10-17-4-6-18(7-5-17)27-15-25-20-14-23-12-11-21(20)27/h2-9,11-12,14-15H,10,13H2,1H3,(H2,24,26,28). The Hall–Kier alpha value is -3.72.